The lowest BCUT2D eigenvalue weighted by molar-refractivity contribution is -0.161. The van der Waals surface area contributed by atoms with Crippen LogP contribution in [0.1, 0.15) is 71.6 Å². The maximum absolute atomic E-state index is 13.6. The summed E-state index contributed by atoms with van der Waals surface area (Å²) in [6.45, 7) is 4.79. The zero-order chi connectivity index (χ0) is 17.6. The molecule has 5 rings (SSSR count). The number of hydrogen-bond donors (Lipinski definition) is 0. The van der Waals surface area contributed by atoms with Gasteiger partial charge in [-0.2, -0.15) is 5.26 Å². The fourth-order valence-corrected chi connectivity index (χ4v) is 6.97. The lowest BCUT2D eigenvalue weighted by Gasteiger charge is -2.61. The highest BCUT2D eigenvalue weighted by Gasteiger charge is 2.55. The number of ether oxygens (including phenoxy) is 1. The second-order valence-corrected chi connectivity index (χ2v) is 9.47. The Hall–Kier alpha value is -1.08. The van der Waals surface area contributed by atoms with Crippen molar-refractivity contribution in [1.29, 1.82) is 5.26 Å². The third kappa shape index (κ3) is 3.21. The summed E-state index contributed by atoms with van der Waals surface area (Å²) in [7, 11) is 0. The van der Waals surface area contributed by atoms with E-state index in [9.17, 15) is 4.79 Å². The molecule has 4 nitrogen and oxygen atoms in total. The summed E-state index contributed by atoms with van der Waals surface area (Å²) in [5.74, 6) is 2.84. The Morgan fingerprint density at radius 1 is 1.04 bits per heavy atom. The van der Waals surface area contributed by atoms with Gasteiger partial charge in [0.05, 0.1) is 24.7 Å². The highest BCUT2D eigenvalue weighted by atomic mass is 16.5. The van der Waals surface area contributed by atoms with Crippen LogP contribution in [0.4, 0.5) is 0 Å². The van der Waals surface area contributed by atoms with E-state index in [0.717, 1.165) is 30.6 Å². The van der Waals surface area contributed by atoms with E-state index in [-0.39, 0.29) is 23.7 Å². The van der Waals surface area contributed by atoms with Crippen LogP contribution < -0.4 is 0 Å². The van der Waals surface area contributed by atoms with E-state index < -0.39 is 0 Å². The molecule has 0 aromatic carbocycles. The fraction of sp³-hybridized carbons (Fsp3) is 0.905. The summed E-state index contributed by atoms with van der Waals surface area (Å²) in [5, 5.41) is 9.17. The van der Waals surface area contributed by atoms with Crippen LogP contribution in [-0.2, 0) is 9.53 Å². The predicted octanol–water partition coefficient (Wildman–Crippen LogP) is 3.90. The van der Waals surface area contributed by atoms with Crippen LogP contribution in [0.3, 0.4) is 0 Å². The van der Waals surface area contributed by atoms with Gasteiger partial charge in [0.25, 0.3) is 0 Å². The van der Waals surface area contributed by atoms with Crippen molar-refractivity contribution in [2.24, 2.45) is 23.7 Å². The smallest absolute Gasteiger partial charge is 0.226 e. The molecule has 4 aliphatic carbocycles. The summed E-state index contributed by atoms with van der Waals surface area (Å²) in [5.41, 5.74) is 0.0630. The first-order chi connectivity index (χ1) is 12.0. The average molecular weight is 344 g/mol. The summed E-state index contributed by atoms with van der Waals surface area (Å²) >= 11 is 0. The number of carbonyl (C=O) groups is 1. The molecule has 25 heavy (non-hydrogen) atoms. The average Bonchev–Trinajstić information content (AvgIpc) is 2.52. The van der Waals surface area contributed by atoms with Crippen molar-refractivity contribution in [2.75, 3.05) is 6.54 Å². The van der Waals surface area contributed by atoms with E-state index in [1.807, 2.05) is 0 Å². The van der Waals surface area contributed by atoms with Gasteiger partial charge in [-0.3, -0.25) is 4.79 Å². The first-order valence-electron chi connectivity index (χ1n) is 10.3. The SMILES string of the molecule is C[C@@H]1CC(C(=O)N(CCC#N)C23CC4CC(CC(C4)C2)C3)C[C@@H](C)O1. The molecule has 0 spiro atoms. The monoisotopic (exact) mass is 344 g/mol. The van der Waals surface area contributed by atoms with Crippen molar-refractivity contribution in [3.63, 3.8) is 0 Å². The highest BCUT2D eigenvalue weighted by Crippen LogP contribution is 2.58. The van der Waals surface area contributed by atoms with Crippen molar-refractivity contribution in [3.05, 3.63) is 0 Å². The van der Waals surface area contributed by atoms with Crippen molar-refractivity contribution < 1.29 is 9.53 Å². The Morgan fingerprint density at radius 3 is 2.04 bits per heavy atom. The maximum Gasteiger partial charge on any atom is 0.226 e. The molecule has 1 aliphatic heterocycles. The zero-order valence-corrected chi connectivity index (χ0v) is 15.7. The standard InChI is InChI=1S/C21H32N2O2/c1-14-6-19(7-15(2)25-14)20(24)23(5-3-4-22)21-11-16-8-17(12-21)10-18(9-16)13-21/h14-19H,3,5-13H2,1-2H3/t14-,15-,16?,17?,18?,21?/m1/s1. The van der Waals surface area contributed by atoms with Crippen LogP contribution in [0.25, 0.3) is 0 Å². The molecule has 0 radical (unpaired) electrons. The fourth-order valence-electron chi connectivity index (χ4n) is 6.97. The third-order valence-electron chi connectivity index (χ3n) is 7.34. The normalized spacial score (nSPS) is 45.2. The first kappa shape index (κ1) is 17.3. The maximum atomic E-state index is 13.6. The van der Waals surface area contributed by atoms with Gasteiger partial charge >= 0.3 is 0 Å². The molecule has 0 N–H and O–H groups in total. The first-order valence-corrected chi connectivity index (χ1v) is 10.3. The minimum absolute atomic E-state index is 0.0630. The van der Waals surface area contributed by atoms with Crippen molar-refractivity contribution >= 4 is 5.91 Å². The second kappa shape index (κ2) is 6.58. The molecule has 138 valence electrons. The molecule has 0 unspecified atom stereocenters. The van der Waals surface area contributed by atoms with Gasteiger partial charge in [0, 0.05) is 18.0 Å². The largest absolute Gasteiger partial charge is 0.376 e. The van der Waals surface area contributed by atoms with Crippen molar-refractivity contribution in [1.82, 2.24) is 4.90 Å². The number of amides is 1. The van der Waals surface area contributed by atoms with Crippen LogP contribution in [0.5, 0.6) is 0 Å². The molecule has 1 heterocycles. The van der Waals surface area contributed by atoms with Gasteiger partial charge in [-0.05, 0) is 83.0 Å². The Kier molecular flexibility index (Phi) is 4.56. The van der Waals surface area contributed by atoms with Crippen LogP contribution in [0.15, 0.2) is 0 Å². The Labute approximate surface area is 151 Å². The van der Waals surface area contributed by atoms with E-state index in [2.05, 4.69) is 24.8 Å². The quantitative estimate of drug-likeness (QED) is 0.777. The highest BCUT2D eigenvalue weighted by molar-refractivity contribution is 5.80. The second-order valence-electron chi connectivity index (χ2n) is 9.47. The van der Waals surface area contributed by atoms with E-state index >= 15 is 0 Å². The van der Waals surface area contributed by atoms with E-state index in [4.69, 9.17) is 10.00 Å². The molecule has 4 heteroatoms. The molecule has 5 fully saturated rings. The van der Waals surface area contributed by atoms with Gasteiger partial charge in [0.15, 0.2) is 0 Å². The van der Waals surface area contributed by atoms with Gasteiger partial charge in [-0.15, -0.1) is 0 Å². The Balaban J connectivity index is 1.58. The van der Waals surface area contributed by atoms with Crippen molar-refractivity contribution in [2.45, 2.75) is 89.4 Å². The van der Waals surface area contributed by atoms with Crippen LogP contribution >= 0.6 is 0 Å². The predicted molar refractivity (Wildman–Crippen MR) is 95.6 cm³/mol. The van der Waals surface area contributed by atoms with E-state index in [0.29, 0.717) is 18.9 Å². The van der Waals surface area contributed by atoms with E-state index in [1.165, 1.54) is 38.5 Å². The summed E-state index contributed by atoms with van der Waals surface area (Å²) < 4.78 is 5.85. The molecule has 0 aromatic rings. The summed E-state index contributed by atoms with van der Waals surface area (Å²) in [6.07, 6.45) is 10.1. The Bertz CT molecular complexity index is 521. The number of nitrogens with zero attached hydrogens (tertiary/aromatic N) is 2. The molecule has 4 bridgehead atoms. The van der Waals surface area contributed by atoms with Crippen LogP contribution in [-0.4, -0.2) is 35.1 Å². The van der Waals surface area contributed by atoms with Gasteiger partial charge in [0.2, 0.25) is 5.91 Å². The summed E-state index contributed by atoms with van der Waals surface area (Å²) in [4.78, 5) is 15.8. The molecule has 1 saturated heterocycles. The molecule has 1 amide bonds. The van der Waals surface area contributed by atoms with E-state index in [1.54, 1.807) is 0 Å². The molecular formula is C21H32N2O2. The minimum atomic E-state index is 0.0630. The van der Waals surface area contributed by atoms with Crippen LogP contribution in [0, 0.1) is 35.0 Å². The van der Waals surface area contributed by atoms with Gasteiger partial charge in [-0.1, -0.05) is 0 Å². The number of carbonyl (C=O) groups excluding carboxylic acids is 1. The lowest BCUT2D eigenvalue weighted by atomic mass is 9.52. The summed E-state index contributed by atoms with van der Waals surface area (Å²) in [6, 6.07) is 2.29. The number of rotatable bonds is 4. The van der Waals surface area contributed by atoms with Gasteiger partial charge in [0.1, 0.15) is 0 Å². The molecule has 4 saturated carbocycles. The van der Waals surface area contributed by atoms with Gasteiger partial charge < -0.3 is 9.64 Å². The topological polar surface area (TPSA) is 53.3 Å². The van der Waals surface area contributed by atoms with Crippen molar-refractivity contribution in [3.8, 4) is 6.07 Å². The third-order valence-corrected chi connectivity index (χ3v) is 7.34. The number of nitriles is 1. The lowest BCUT2D eigenvalue weighted by Crippen LogP contribution is -2.63. The molecular weight excluding hydrogens is 312 g/mol. The zero-order valence-electron chi connectivity index (χ0n) is 15.7. The van der Waals surface area contributed by atoms with Crippen LogP contribution in [0.2, 0.25) is 0 Å². The Morgan fingerprint density at radius 2 is 1.56 bits per heavy atom. The number of hydrogen-bond acceptors (Lipinski definition) is 3. The molecule has 0 aromatic heterocycles. The molecule has 2 atom stereocenters. The van der Waals surface area contributed by atoms with Gasteiger partial charge in [-0.25, -0.2) is 0 Å². The molecule has 5 aliphatic rings. The minimum Gasteiger partial charge on any atom is -0.376 e.